The van der Waals surface area contributed by atoms with Crippen molar-refractivity contribution < 1.29 is 4.79 Å². The van der Waals surface area contributed by atoms with Crippen LogP contribution in [0, 0.1) is 35.0 Å². The average molecular weight is 301 g/mol. The van der Waals surface area contributed by atoms with Gasteiger partial charge in [0, 0.05) is 18.3 Å². The van der Waals surface area contributed by atoms with Gasteiger partial charge in [-0.2, -0.15) is 5.26 Å². The molecule has 4 heteroatoms. The summed E-state index contributed by atoms with van der Waals surface area (Å²) in [4.78, 5) is 12.1. The fraction of sp³-hybridized carbons (Fsp3) is 0.778. The molecule has 1 amide bonds. The van der Waals surface area contributed by atoms with E-state index < -0.39 is 0 Å². The highest BCUT2D eigenvalue weighted by atomic mass is 16.1. The van der Waals surface area contributed by atoms with E-state index in [1.165, 1.54) is 38.5 Å². The average Bonchev–Trinajstić information content (AvgIpc) is 2.44. The Balaban J connectivity index is 1.64. The molecule has 0 spiro atoms. The number of hydrogen-bond donors (Lipinski definition) is 2. The molecule has 0 unspecified atom stereocenters. The zero-order chi connectivity index (χ0) is 15.7. The van der Waals surface area contributed by atoms with Gasteiger partial charge in [0.2, 0.25) is 0 Å². The third-order valence-corrected chi connectivity index (χ3v) is 5.60. The minimum Gasteiger partial charge on any atom is -0.384 e. The van der Waals surface area contributed by atoms with Crippen molar-refractivity contribution in [3.8, 4) is 6.07 Å². The molecule has 0 aromatic heterocycles. The second kappa shape index (κ2) is 5.95. The Morgan fingerprint density at radius 2 is 1.77 bits per heavy atom. The van der Waals surface area contributed by atoms with Gasteiger partial charge in [0.25, 0.3) is 5.91 Å². The molecular formula is C18H27N3O. The molecule has 4 aliphatic carbocycles. The van der Waals surface area contributed by atoms with Gasteiger partial charge in [-0.1, -0.05) is 13.8 Å². The van der Waals surface area contributed by atoms with Crippen molar-refractivity contribution in [2.24, 2.45) is 23.7 Å². The van der Waals surface area contributed by atoms with Crippen molar-refractivity contribution in [1.82, 2.24) is 10.6 Å². The lowest BCUT2D eigenvalue weighted by molar-refractivity contribution is -0.117. The van der Waals surface area contributed by atoms with Gasteiger partial charge in [-0.15, -0.1) is 0 Å². The quantitative estimate of drug-likeness (QED) is 0.606. The third-order valence-electron chi connectivity index (χ3n) is 5.60. The molecule has 0 aliphatic heterocycles. The molecule has 4 fully saturated rings. The highest BCUT2D eigenvalue weighted by Gasteiger charge is 2.50. The lowest BCUT2D eigenvalue weighted by atomic mass is 9.53. The number of carbonyl (C=O) groups is 1. The second-order valence-corrected chi connectivity index (χ2v) is 8.12. The number of nitrogens with one attached hydrogen (secondary N) is 2. The molecule has 22 heavy (non-hydrogen) atoms. The van der Waals surface area contributed by atoms with Gasteiger partial charge < -0.3 is 10.6 Å². The van der Waals surface area contributed by atoms with Gasteiger partial charge in [0.15, 0.2) is 0 Å². The van der Waals surface area contributed by atoms with Crippen LogP contribution in [0.4, 0.5) is 0 Å². The molecule has 0 aromatic carbocycles. The molecule has 0 saturated heterocycles. The Labute approximate surface area is 133 Å². The molecule has 2 N–H and O–H groups in total. The van der Waals surface area contributed by atoms with Crippen molar-refractivity contribution >= 4 is 5.91 Å². The van der Waals surface area contributed by atoms with Gasteiger partial charge >= 0.3 is 0 Å². The summed E-state index contributed by atoms with van der Waals surface area (Å²) in [7, 11) is 0. The SMILES string of the molecule is CC(C)CNC(=O)/C(C#N)=C\NC12CC3CC(CC(C3)C1)C2. The Hall–Kier alpha value is -1.50. The summed E-state index contributed by atoms with van der Waals surface area (Å²) in [6.07, 6.45) is 9.49. The zero-order valence-corrected chi connectivity index (χ0v) is 13.7. The summed E-state index contributed by atoms with van der Waals surface area (Å²) in [6, 6.07) is 2.04. The molecular weight excluding hydrogens is 274 g/mol. The number of nitrogens with zero attached hydrogens (tertiary/aromatic N) is 1. The fourth-order valence-electron chi connectivity index (χ4n) is 5.05. The first-order chi connectivity index (χ1) is 10.5. The standard InChI is InChI=1S/C18H27N3O/c1-12(2)10-20-17(22)16(9-19)11-21-18-6-13-3-14(7-18)5-15(4-13)8-18/h11-15,21H,3-8,10H2,1-2H3,(H,20,22)/b16-11-. The van der Waals surface area contributed by atoms with Gasteiger partial charge in [-0.25, -0.2) is 0 Å². The lowest BCUT2D eigenvalue weighted by Gasteiger charge is -2.56. The number of rotatable bonds is 5. The van der Waals surface area contributed by atoms with Crippen molar-refractivity contribution in [2.75, 3.05) is 6.54 Å². The summed E-state index contributed by atoms with van der Waals surface area (Å²) in [6.45, 7) is 4.70. The minimum atomic E-state index is -0.256. The third kappa shape index (κ3) is 3.14. The van der Waals surface area contributed by atoms with E-state index in [2.05, 4.69) is 10.6 Å². The molecule has 4 saturated carbocycles. The Morgan fingerprint density at radius 1 is 1.23 bits per heavy atom. The van der Waals surface area contributed by atoms with Crippen LogP contribution in [0.2, 0.25) is 0 Å². The lowest BCUT2D eigenvalue weighted by Crippen LogP contribution is -2.57. The molecule has 0 radical (unpaired) electrons. The maximum absolute atomic E-state index is 12.1. The van der Waals surface area contributed by atoms with Crippen LogP contribution in [0.15, 0.2) is 11.8 Å². The Kier molecular flexibility index (Phi) is 4.16. The Morgan fingerprint density at radius 3 is 2.23 bits per heavy atom. The van der Waals surface area contributed by atoms with Crippen LogP contribution in [0.3, 0.4) is 0 Å². The Bertz CT molecular complexity index is 480. The topological polar surface area (TPSA) is 64.9 Å². The summed E-state index contributed by atoms with van der Waals surface area (Å²) >= 11 is 0. The number of carbonyl (C=O) groups excluding carboxylic acids is 1. The van der Waals surface area contributed by atoms with E-state index in [0.717, 1.165) is 17.8 Å². The van der Waals surface area contributed by atoms with Crippen LogP contribution in [0.1, 0.15) is 52.4 Å². The van der Waals surface area contributed by atoms with Crippen LogP contribution < -0.4 is 10.6 Å². The highest BCUT2D eigenvalue weighted by Crippen LogP contribution is 2.55. The molecule has 120 valence electrons. The predicted molar refractivity (Wildman–Crippen MR) is 85.6 cm³/mol. The number of amides is 1. The van der Waals surface area contributed by atoms with E-state index in [1.54, 1.807) is 6.20 Å². The van der Waals surface area contributed by atoms with E-state index in [4.69, 9.17) is 0 Å². The van der Waals surface area contributed by atoms with Crippen LogP contribution in [0.25, 0.3) is 0 Å². The fourth-order valence-corrected chi connectivity index (χ4v) is 5.05. The van der Waals surface area contributed by atoms with Crippen LogP contribution >= 0.6 is 0 Å². The van der Waals surface area contributed by atoms with Gasteiger partial charge in [-0.3, -0.25) is 4.79 Å². The zero-order valence-electron chi connectivity index (χ0n) is 13.7. The van der Waals surface area contributed by atoms with Crippen molar-refractivity contribution in [1.29, 1.82) is 5.26 Å². The second-order valence-electron chi connectivity index (χ2n) is 8.12. The molecule has 0 atom stereocenters. The monoisotopic (exact) mass is 301 g/mol. The maximum Gasteiger partial charge on any atom is 0.263 e. The van der Waals surface area contributed by atoms with E-state index in [9.17, 15) is 10.1 Å². The normalized spacial score (nSPS) is 36.3. The summed E-state index contributed by atoms with van der Waals surface area (Å²) in [5, 5.41) is 15.6. The van der Waals surface area contributed by atoms with Gasteiger partial charge in [-0.05, 0) is 62.2 Å². The van der Waals surface area contributed by atoms with Crippen LogP contribution in [0.5, 0.6) is 0 Å². The molecule has 4 nitrogen and oxygen atoms in total. The molecule has 4 bridgehead atoms. The molecule has 4 rings (SSSR count). The minimum absolute atomic E-state index is 0.148. The molecule has 0 aromatic rings. The van der Waals surface area contributed by atoms with Crippen molar-refractivity contribution in [2.45, 2.75) is 57.9 Å². The number of nitriles is 1. The van der Waals surface area contributed by atoms with E-state index in [0.29, 0.717) is 12.5 Å². The number of hydrogen-bond acceptors (Lipinski definition) is 3. The summed E-state index contributed by atoms with van der Waals surface area (Å²) in [5.41, 5.74) is 0.353. The molecule has 4 aliphatic rings. The van der Waals surface area contributed by atoms with Crippen molar-refractivity contribution in [3.63, 3.8) is 0 Å². The van der Waals surface area contributed by atoms with Crippen LogP contribution in [-0.2, 0) is 4.79 Å². The predicted octanol–water partition coefficient (Wildman–Crippen LogP) is 2.72. The van der Waals surface area contributed by atoms with Gasteiger partial charge in [0.1, 0.15) is 11.6 Å². The van der Waals surface area contributed by atoms with Gasteiger partial charge in [0.05, 0.1) is 0 Å². The first-order valence-corrected chi connectivity index (χ1v) is 8.66. The molecule has 0 heterocycles. The highest BCUT2D eigenvalue weighted by molar-refractivity contribution is 5.97. The summed E-state index contributed by atoms with van der Waals surface area (Å²) in [5.74, 6) is 2.70. The van der Waals surface area contributed by atoms with E-state index in [1.807, 2.05) is 19.9 Å². The first-order valence-electron chi connectivity index (χ1n) is 8.66. The first kappa shape index (κ1) is 15.4. The largest absolute Gasteiger partial charge is 0.384 e. The maximum atomic E-state index is 12.1. The van der Waals surface area contributed by atoms with E-state index >= 15 is 0 Å². The summed E-state index contributed by atoms with van der Waals surface area (Å²) < 4.78 is 0. The smallest absolute Gasteiger partial charge is 0.263 e. The van der Waals surface area contributed by atoms with Crippen molar-refractivity contribution in [3.05, 3.63) is 11.8 Å². The van der Waals surface area contributed by atoms with Crippen LogP contribution in [-0.4, -0.2) is 18.0 Å². The van der Waals surface area contributed by atoms with E-state index in [-0.39, 0.29) is 17.0 Å².